The van der Waals surface area contributed by atoms with E-state index in [1.165, 1.54) is 0 Å². The first-order chi connectivity index (χ1) is 17.5. The van der Waals surface area contributed by atoms with Crippen molar-refractivity contribution < 1.29 is 14.3 Å². The molecule has 0 atom stereocenters. The van der Waals surface area contributed by atoms with Gasteiger partial charge in [0.2, 0.25) is 5.95 Å². The molecule has 0 unspecified atom stereocenters. The summed E-state index contributed by atoms with van der Waals surface area (Å²) in [4.78, 5) is 37.3. The normalized spacial score (nSPS) is 13.8. The van der Waals surface area contributed by atoms with Gasteiger partial charge in [-0.15, -0.1) is 0 Å². The van der Waals surface area contributed by atoms with Crippen LogP contribution in [-0.4, -0.2) is 45.4 Å². The van der Waals surface area contributed by atoms with Crippen LogP contribution >= 0.6 is 0 Å². The van der Waals surface area contributed by atoms with Crippen molar-refractivity contribution in [2.75, 3.05) is 25.1 Å². The Bertz CT molecular complexity index is 1440. The standard InChI is InChI=1S/C27H29N5O4.CH4/c1-3-36-27(34)31-26-29-23-14-20(13-21(25(23)30-26)22-6-4-5-9-28-22)19-12-17(2)32(24(33)15-19)16-18-7-10-35-11-8-18;/h4-6,9,12-15,18H,3,7-8,10-11,16H2,1-2H3,(H2,29,30,31,34);1H4. The van der Waals surface area contributed by atoms with Crippen molar-refractivity contribution in [3.63, 3.8) is 0 Å². The molecule has 0 bridgehead atoms. The number of fused-ring (bicyclic) bond motifs is 1. The van der Waals surface area contributed by atoms with Crippen LogP contribution < -0.4 is 10.9 Å². The summed E-state index contributed by atoms with van der Waals surface area (Å²) in [6, 6.07) is 13.3. The van der Waals surface area contributed by atoms with Crippen molar-refractivity contribution >= 4 is 23.1 Å². The van der Waals surface area contributed by atoms with Crippen LogP contribution in [0.1, 0.15) is 32.9 Å². The average molecular weight is 504 g/mol. The van der Waals surface area contributed by atoms with E-state index in [1.54, 1.807) is 19.2 Å². The molecular weight excluding hydrogens is 470 g/mol. The van der Waals surface area contributed by atoms with E-state index in [1.807, 2.05) is 47.9 Å². The highest BCUT2D eigenvalue weighted by Crippen LogP contribution is 2.33. The van der Waals surface area contributed by atoms with E-state index in [2.05, 4.69) is 20.3 Å². The highest BCUT2D eigenvalue weighted by molar-refractivity contribution is 5.97. The van der Waals surface area contributed by atoms with E-state index in [9.17, 15) is 9.59 Å². The first kappa shape index (κ1) is 26.1. The summed E-state index contributed by atoms with van der Waals surface area (Å²) >= 11 is 0. The summed E-state index contributed by atoms with van der Waals surface area (Å²) in [5.74, 6) is 0.726. The number of hydrogen-bond acceptors (Lipinski definition) is 6. The maximum Gasteiger partial charge on any atom is 0.413 e. The zero-order valence-electron chi connectivity index (χ0n) is 20.4. The van der Waals surface area contributed by atoms with Gasteiger partial charge in [-0.2, -0.15) is 0 Å². The molecule has 0 radical (unpaired) electrons. The molecule has 1 aromatic carbocycles. The van der Waals surface area contributed by atoms with Crippen LogP contribution in [0.4, 0.5) is 10.7 Å². The Morgan fingerprint density at radius 2 is 1.97 bits per heavy atom. The molecule has 5 rings (SSSR count). The van der Waals surface area contributed by atoms with Crippen LogP contribution in [0.5, 0.6) is 0 Å². The first-order valence-corrected chi connectivity index (χ1v) is 12.2. The third-order valence-corrected chi connectivity index (χ3v) is 6.47. The molecule has 1 aliphatic rings. The molecule has 194 valence electrons. The molecular formula is C28H33N5O4. The average Bonchev–Trinajstić information content (AvgIpc) is 3.29. The number of pyridine rings is 2. The van der Waals surface area contributed by atoms with Gasteiger partial charge in [-0.25, -0.2) is 9.78 Å². The van der Waals surface area contributed by atoms with Gasteiger partial charge in [-0.3, -0.25) is 15.1 Å². The quantitative estimate of drug-likeness (QED) is 0.365. The van der Waals surface area contributed by atoms with Gasteiger partial charge in [0.15, 0.2) is 0 Å². The summed E-state index contributed by atoms with van der Waals surface area (Å²) in [7, 11) is 0. The minimum absolute atomic E-state index is 0. The number of ether oxygens (including phenoxy) is 2. The first-order valence-electron chi connectivity index (χ1n) is 12.2. The van der Waals surface area contributed by atoms with Gasteiger partial charge in [-0.05, 0) is 74.1 Å². The third-order valence-electron chi connectivity index (χ3n) is 6.47. The lowest BCUT2D eigenvalue weighted by Crippen LogP contribution is -2.28. The van der Waals surface area contributed by atoms with Crippen molar-refractivity contribution in [1.82, 2.24) is 19.5 Å². The number of imidazole rings is 1. The van der Waals surface area contributed by atoms with Crippen molar-refractivity contribution in [1.29, 1.82) is 0 Å². The van der Waals surface area contributed by atoms with E-state index in [0.717, 1.165) is 54.1 Å². The molecule has 37 heavy (non-hydrogen) atoms. The van der Waals surface area contributed by atoms with Crippen LogP contribution in [0.3, 0.4) is 0 Å². The van der Waals surface area contributed by atoms with Gasteiger partial charge < -0.3 is 19.0 Å². The highest BCUT2D eigenvalue weighted by Gasteiger charge is 2.18. The number of benzene rings is 1. The maximum atomic E-state index is 13.2. The van der Waals surface area contributed by atoms with Crippen molar-refractivity contribution in [2.24, 2.45) is 5.92 Å². The SMILES string of the molecule is C.CCOC(=O)Nc1nc2c(-c3ccccn3)cc(-c3cc(C)n(CC4CCOCC4)c(=O)c3)cc2[nH]1. The molecule has 4 aromatic rings. The lowest BCUT2D eigenvalue weighted by molar-refractivity contribution is 0.0608. The monoisotopic (exact) mass is 503 g/mol. The Morgan fingerprint density at radius 1 is 1.19 bits per heavy atom. The molecule has 9 nitrogen and oxygen atoms in total. The molecule has 0 spiro atoms. The molecule has 1 amide bonds. The van der Waals surface area contributed by atoms with Crippen molar-refractivity contribution in [3.05, 3.63) is 64.7 Å². The number of anilines is 1. The summed E-state index contributed by atoms with van der Waals surface area (Å²) in [5.41, 5.74) is 5.46. The van der Waals surface area contributed by atoms with Gasteiger partial charge in [0.1, 0.15) is 0 Å². The molecule has 1 saturated heterocycles. The number of aromatic amines is 1. The second kappa shape index (κ2) is 11.4. The fourth-order valence-corrected chi connectivity index (χ4v) is 4.64. The van der Waals surface area contributed by atoms with Crippen molar-refractivity contribution in [3.8, 4) is 22.4 Å². The Labute approximate surface area is 215 Å². The molecule has 9 heteroatoms. The van der Waals surface area contributed by atoms with Gasteiger partial charge >= 0.3 is 6.09 Å². The van der Waals surface area contributed by atoms with Crippen LogP contribution in [0.2, 0.25) is 0 Å². The number of aromatic nitrogens is 4. The number of H-pyrrole nitrogens is 1. The second-order valence-corrected chi connectivity index (χ2v) is 8.96. The smallest absolute Gasteiger partial charge is 0.413 e. The lowest BCUT2D eigenvalue weighted by atomic mass is 9.98. The van der Waals surface area contributed by atoms with Crippen molar-refractivity contribution in [2.45, 2.75) is 40.7 Å². The van der Waals surface area contributed by atoms with Crippen LogP contribution in [0.25, 0.3) is 33.4 Å². The van der Waals surface area contributed by atoms with Gasteiger partial charge in [0, 0.05) is 43.3 Å². The largest absolute Gasteiger partial charge is 0.450 e. The third kappa shape index (κ3) is 5.72. The zero-order chi connectivity index (χ0) is 25.1. The summed E-state index contributed by atoms with van der Waals surface area (Å²) in [5, 5.41) is 2.62. The van der Waals surface area contributed by atoms with Crippen LogP contribution in [0.15, 0.2) is 53.5 Å². The Hall–Kier alpha value is -3.98. The number of amides is 1. The van der Waals surface area contributed by atoms with Gasteiger partial charge in [0.05, 0.1) is 23.3 Å². The summed E-state index contributed by atoms with van der Waals surface area (Å²) in [6.07, 6.45) is 3.08. The molecule has 3 aromatic heterocycles. The fraction of sp³-hybridized carbons (Fsp3) is 0.357. The predicted octanol–water partition coefficient (Wildman–Crippen LogP) is 5.39. The van der Waals surface area contributed by atoms with E-state index in [0.29, 0.717) is 23.5 Å². The van der Waals surface area contributed by atoms with E-state index >= 15 is 0 Å². The number of aryl methyl sites for hydroxylation is 1. The zero-order valence-corrected chi connectivity index (χ0v) is 20.4. The number of hydrogen-bond donors (Lipinski definition) is 2. The lowest BCUT2D eigenvalue weighted by Gasteiger charge is -2.24. The highest BCUT2D eigenvalue weighted by atomic mass is 16.5. The molecule has 0 aliphatic carbocycles. The van der Waals surface area contributed by atoms with E-state index < -0.39 is 6.09 Å². The summed E-state index contributed by atoms with van der Waals surface area (Å²) < 4.78 is 12.3. The molecule has 2 N–H and O–H groups in total. The molecule has 1 aliphatic heterocycles. The maximum absolute atomic E-state index is 13.2. The minimum atomic E-state index is -0.583. The van der Waals surface area contributed by atoms with Gasteiger partial charge in [0.25, 0.3) is 5.56 Å². The number of carbonyl (C=O) groups is 1. The minimum Gasteiger partial charge on any atom is -0.450 e. The Balaban J connectivity index is 0.00000320. The topological polar surface area (TPSA) is 111 Å². The number of nitrogens with zero attached hydrogens (tertiary/aromatic N) is 3. The number of nitrogens with one attached hydrogen (secondary N) is 2. The van der Waals surface area contributed by atoms with E-state index in [-0.39, 0.29) is 25.5 Å². The fourth-order valence-electron chi connectivity index (χ4n) is 4.64. The van der Waals surface area contributed by atoms with Gasteiger partial charge in [-0.1, -0.05) is 13.5 Å². The molecule has 4 heterocycles. The number of carbonyl (C=O) groups excluding carboxylic acids is 1. The van der Waals surface area contributed by atoms with Crippen LogP contribution in [0, 0.1) is 12.8 Å². The number of rotatable bonds is 6. The Morgan fingerprint density at radius 3 is 2.68 bits per heavy atom. The molecule has 1 fully saturated rings. The second-order valence-electron chi connectivity index (χ2n) is 8.96. The Kier molecular flexibility index (Phi) is 8.03. The van der Waals surface area contributed by atoms with E-state index in [4.69, 9.17) is 9.47 Å². The predicted molar refractivity (Wildman–Crippen MR) is 145 cm³/mol. The van der Waals surface area contributed by atoms with Crippen LogP contribution in [-0.2, 0) is 16.0 Å². The summed E-state index contributed by atoms with van der Waals surface area (Å²) in [6.45, 7) is 6.18. The molecule has 0 saturated carbocycles.